The maximum atomic E-state index is 14.7. The summed E-state index contributed by atoms with van der Waals surface area (Å²) in [6.07, 6.45) is 16.5. The molecule has 0 saturated heterocycles. The van der Waals surface area contributed by atoms with E-state index in [0.29, 0.717) is 92.4 Å². The smallest absolute Gasteiger partial charge is 0.417 e. The summed E-state index contributed by atoms with van der Waals surface area (Å²) in [7, 11) is -1.25. The largest absolute Gasteiger partial charge is 0.485 e. The summed E-state index contributed by atoms with van der Waals surface area (Å²) in [5, 5.41) is 9.59. The van der Waals surface area contributed by atoms with Gasteiger partial charge >= 0.3 is 6.18 Å². The lowest BCUT2D eigenvalue weighted by atomic mass is 9.75. The number of ketones is 1. The molecule has 3 atom stereocenters. The van der Waals surface area contributed by atoms with E-state index in [1.54, 1.807) is 12.3 Å². The summed E-state index contributed by atoms with van der Waals surface area (Å²) in [6.45, 7) is 20.2. The van der Waals surface area contributed by atoms with Gasteiger partial charge < -0.3 is 9.47 Å². The van der Waals surface area contributed by atoms with Gasteiger partial charge in [-0.25, -0.2) is 0 Å². The SMILES string of the molecule is C=CC(=O)C(=C)CCC(CC(C)CC#N)C1=CC(OC[C@@H]2CCCC/C2=C/C)=C=CC2=C1CC/C(=C\c1c(C(F)(F)F)ccc3c1C=N/C3=C\COCC[Si](C)(C)C)C2. The van der Waals surface area contributed by atoms with Crippen LogP contribution < -0.4 is 0 Å². The van der Waals surface area contributed by atoms with Crippen LogP contribution in [0, 0.1) is 29.1 Å². The first-order chi connectivity index (χ1) is 28.1. The second-order valence-electron chi connectivity index (χ2n) is 17.7. The van der Waals surface area contributed by atoms with Gasteiger partial charge in [0, 0.05) is 44.4 Å². The van der Waals surface area contributed by atoms with Gasteiger partial charge in [0.15, 0.2) is 11.5 Å². The highest BCUT2D eigenvalue weighted by Crippen LogP contribution is 2.45. The van der Waals surface area contributed by atoms with Gasteiger partial charge in [-0.3, -0.25) is 9.79 Å². The molecule has 3 aliphatic carbocycles. The van der Waals surface area contributed by atoms with Crippen molar-refractivity contribution < 1.29 is 27.4 Å². The van der Waals surface area contributed by atoms with Crippen molar-refractivity contribution in [1.29, 1.82) is 5.26 Å². The number of aliphatic imine (C=N–C) groups is 1. The molecule has 59 heavy (non-hydrogen) atoms. The van der Waals surface area contributed by atoms with Crippen LogP contribution in [0.3, 0.4) is 0 Å². The Morgan fingerprint density at radius 1 is 1.19 bits per heavy atom. The molecule has 2 unspecified atom stereocenters. The lowest BCUT2D eigenvalue weighted by Crippen LogP contribution is -2.21. The number of hydrogen-bond acceptors (Lipinski definition) is 5. The predicted octanol–water partition coefficient (Wildman–Crippen LogP) is 13.5. The number of hydrogen-bond donors (Lipinski definition) is 0. The van der Waals surface area contributed by atoms with Crippen molar-refractivity contribution in [2.45, 2.75) is 116 Å². The molecular formula is C50H61F3N2O3Si. The van der Waals surface area contributed by atoms with E-state index in [2.05, 4.69) is 75.6 Å². The van der Waals surface area contributed by atoms with Gasteiger partial charge in [-0.1, -0.05) is 81.2 Å². The van der Waals surface area contributed by atoms with Crippen LogP contribution in [0.5, 0.6) is 0 Å². The normalized spacial score (nSPS) is 21.1. The van der Waals surface area contributed by atoms with Crippen LogP contribution in [-0.2, 0) is 20.4 Å². The third-order valence-electron chi connectivity index (χ3n) is 12.0. The number of halogens is 3. The van der Waals surface area contributed by atoms with Crippen molar-refractivity contribution in [2.75, 3.05) is 19.8 Å². The Kier molecular flexibility index (Phi) is 16.0. The summed E-state index contributed by atoms with van der Waals surface area (Å²) in [6, 6.07) is 6.05. The van der Waals surface area contributed by atoms with Crippen molar-refractivity contribution in [2.24, 2.45) is 22.7 Å². The molecule has 5 nitrogen and oxygen atoms in total. The molecule has 314 valence electrons. The zero-order valence-electron chi connectivity index (χ0n) is 35.7. The van der Waals surface area contributed by atoms with E-state index in [-0.39, 0.29) is 23.2 Å². The molecule has 1 fully saturated rings. The standard InChI is InChI=1S/C50H61F3N2O3Si/c1-8-37-12-10-11-13-40(37)33-58-41-18-17-39-29-36(15-19-42(39)44(31-41)38(28-34(3)22-24-54)16-14-35(4)49(56)9-2)30-45-46-32-55-48(23-25-57-26-27-59(5,6)7)43(46)20-21-47(45)50(51,52)53/h8-9,17,20-21,23,30-32,34,38,40H,2,4,10-16,19,22,25-29,33H2,1,3,5-7H3/b36-30+,37-8-,48-23-/t34?,38?,40-/m0/s1. The van der Waals surface area contributed by atoms with Gasteiger partial charge in [0.2, 0.25) is 0 Å². The topological polar surface area (TPSA) is 71.7 Å². The molecule has 1 aromatic carbocycles. The fourth-order valence-corrected chi connectivity index (χ4v) is 9.29. The van der Waals surface area contributed by atoms with Crippen molar-refractivity contribution >= 4 is 31.8 Å². The zero-order valence-corrected chi connectivity index (χ0v) is 36.7. The monoisotopic (exact) mass is 822 g/mol. The van der Waals surface area contributed by atoms with E-state index >= 15 is 0 Å². The first-order valence-corrected chi connectivity index (χ1v) is 25.0. The number of fused-ring (bicyclic) bond motifs is 1. The van der Waals surface area contributed by atoms with Gasteiger partial charge in [-0.15, -0.1) is 0 Å². The fraction of sp³-hybridized carbons (Fsp3) is 0.480. The Morgan fingerprint density at radius 3 is 2.69 bits per heavy atom. The number of carbonyl (C=O) groups is 1. The van der Waals surface area contributed by atoms with Crippen LogP contribution in [0.2, 0.25) is 25.7 Å². The summed E-state index contributed by atoms with van der Waals surface area (Å²) >= 11 is 0. The highest BCUT2D eigenvalue weighted by Gasteiger charge is 2.36. The third kappa shape index (κ3) is 12.5. The number of alkyl halides is 3. The maximum absolute atomic E-state index is 14.7. The van der Waals surface area contributed by atoms with Crippen LogP contribution in [0.25, 0.3) is 11.8 Å². The summed E-state index contributed by atoms with van der Waals surface area (Å²) in [5.74, 6) is 0.848. The molecule has 0 spiro atoms. The summed E-state index contributed by atoms with van der Waals surface area (Å²) in [5.41, 5.74) is 10.7. The molecule has 9 heteroatoms. The van der Waals surface area contributed by atoms with E-state index in [0.717, 1.165) is 54.0 Å². The van der Waals surface area contributed by atoms with Crippen molar-refractivity contribution in [3.63, 3.8) is 0 Å². The number of ether oxygens (including phenoxy) is 2. The van der Waals surface area contributed by atoms with E-state index in [4.69, 9.17) is 9.47 Å². The predicted molar refractivity (Wildman–Crippen MR) is 237 cm³/mol. The maximum Gasteiger partial charge on any atom is 0.417 e. The summed E-state index contributed by atoms with van der Waals surface area (Å²) < 4.78 is 56.4. The van der Waals surface area contributed by atoms with Gasteiger partial charge in [0.25, 0.3) is 0 Å². The number of rotatable bonds is 18. The lowest BCUT2D eigenvalue weighted by Gasteiger charge is -2.30. The van der Waals surface area contributed by atoms with Crippen LogP contribution in [0.1, 0.15) is 107 Å². The summed E-state index contributed by atoms with van der Waals surface area (Å²) in [4.78, 5) is 17.0. The number of allylic oxidation sites excluding steroid dienone is 8. The number of nitrogens with zero attached hydrogens (tertiary/aromatic N) is 2. The van der Waals surface area contributed by atoms with Gasteiger partial charge in [0.1, 0.15) is 0 Å². The fourth-order valence-electron chi connectivity index (χ4n) is 8.54. The van der Waals surface area contributed by atoms with Gasteiger partial charge in [-0.05, 0) is 141 Å². The highest BCUT2D eigenvalue weighted by atomic mass is 28.3. The average Bonchev–Trinajstić information content (AvgIpc) is 3.52. The molecule has 0 aromatic heterocycles. The van der Waals surface area contributed by atoms with Crippen LogP contribution in [-0.4, -0.2) is 39.9 Å². The Labute approximate surface area is 351 Å². The van der Waals surface area contributed by atoms with Crippen molar-refractivity contribution in [3.8, 4) is 6.07 Å². The number of benzene rings is 1. The van der Waals surface area contributed by atoms with E-state index in [9.17, 15) is 23.2 Å². The molecule has 1 saturated carbocycles. The Balaban J connectivity index is 1.51. The highest BCUT2D eigenvalue weighted by molar-refractivity contribution is 6.76. The van der Waals surface area contributed by atoms with Crippen LogP contribution in [0.4, 0.5) is 13.2 Å². The molecule has 4 aliphatic rings. The first kappa shape index (κ1) is 45.6. The molecular weight excluding hydrogens is 762 g/mol. The number of carbonyl (C=O) groups excluding carboxylic acids is 1. The third-order valence-corrected chi connectivity index (χ3v) is 13.7. The van der Waals surface area contributed by atoms with E-state index < -0.39 is 19.8 Å². The minimum absolute atomic E-state index is 0.0221. The van der Waals surface area contributed by atoms with Crippen molar-refractivity contribution in [1.82, 2.24) is 0 Å². The zero-order chi connectivity index (χ0) is 42.7. The molecule has 0 radical (unpaired) electrons. The van der Waals surface area contributed by atoms with E-state index in [1.807, 2.05) is 12.2 Å². The van der Waals surface area contributed by atoms with Gasteiger partial charge in [-0.2, -0.15) is 18.4 Å². The minimum Gasteiger partial charge on any atom is -0.485 e. The Morgan fingerprint density at radius 2 is 1.98 bits per heavy atom. The Bertz CT molecular complexity index is 2070. The average molecular weight is 823 g/mol. The molecule has 0 N–H and O–H groups in total. The second-order valence-corrected chi connectivity index (χ2v) is 23.3. The van der Waals surface area contributed by atoms with Crippen LogP contribution in [0.15, 0.2) is 106 Å². The molecule has 5 rings (SSSR count). The first-order valence-electron chi connectivity index (χ1n) is 21.3. The molecule has 0 amide bonds. The van der Waals surface area contributed by atoms with Crippen LogP contribution >= 0.6 is 0 Å². The lowest BCUT2D eigenvalue weighted by molar-refractivity contribution is -0.137. The minimum atomic E-state index is -4.55. The van der Waals surface area contributed by atoms with Crippen molar-refractivity contribution in [3.05, 3.63) is 123 Å². The molecule has 1 aliphatic heterocycles. The number of nitriles is 1. The quantitative estimate of drug-likeness (QED) is 0.0486. The Hall–Kier alpha value is -4.48. The second kappa shape index (κ2) is 20.7. The molecule has 1 heterocycles. The van der Waals surface area contributed by atoms with E-state index in [1.165, 1.54) is 30.2 Å². The molecule has 1 aromatic rings. The van der Waals surface area contributed by atoms with Gasteiger partial charge in [0.05, 0.1) is 30.5 Å². The molecule has 0 bridgehead atoms.